The van der Waals surface area contributed by atoms with Crippen molar-refractivity contribution in [1.82, 2.24) is 0 Å². The number of hydrogen-bond acceptors (Lipinski definition) is 7. The molecule has 0 aromatic heterocycles. The molecule has 0 fully saturated rings. The zero-order chi connectivity index (χ0) is 26.9. The molecule has 2 aliphatic rings. The summed E-state index contributed by atoms with van der Waals surface area (Å²) in [5.41, 5.74) is 1.50. The zero-order valence-electron chi connectivity index (χ0n) is 22.1. The molecule has 3 aromatic carbocycles. The van der Waals surface area contributed by atoms with Crippen molar-refractivity contribution in [1.29, 1.82) is 0 Å². The normalized spacial score (nSPS) is 18.6. The number of rotatable bonds is 10. The van der Waals surface area contributed by atoms with Gasteiger partial charge in [0.2, 0.25) is 6.79 Å². The monoisotopic (exact) mass is 559 g/mol. The Kier molecular flexibility index (Phi) is 9.13. The third-order valence-electron chi connectivity index (χ3n) is 7.01. The Morgan fingerprint density at radius 2 is 1.69 bits per heavy atom. The van der Waals surface area contributed by atoms with E-state index in [2.05, 4.69) is 0 Å². The maximum atomic E-state index is 13.0. The van der Waals surface area contributed by atoms with E-state index in [1.54, 1.807) is 30.3 Å². The number of carbonyl (C=O) groups is 2. The van der Waals surface area contributed by atoms with Crippen LogP contribution in [0.5, 0.6) is 28.7 Å². The van der Waals surface area contributed by atoms with Crippen molar-refractivity contribution in [3.05, 3.63) is 76.9 Å². The Morgan fingerprint density at radius 1 is 0.949 bits per heavy atom. The number of fused-ring (bicyclic) bond motifs is 2. The molecular weight excluding hydrogens is 531 g/mol. The molecule has 10 heteroatoms. The number of methoxy groups -OCH3 is 1. The number of ether oxygens (including phenoxy) is 5. The summed E-state index contributed by atoms with van der Waals surface area (Å²) in [6.45, 7) is 2.02. The topological polar surface area (TPSA) is 121 Å². The van der Waals surface area contributed by atoms with E-state index < -0.39 is 29.9 Å². The van der Waals surface area contributed by atoms with Crippen molar-refractivity contribution < 1.29 is 43.5 Å². The molecule has 2 atom stereocenters. The molecule has 39 heavy (non-hydrogen) atoms. The van der Waals surface area contributed by atoms with Crippen LogP contribution in [0.4, 0.5) is 0 Å². The summed E-state index contributed by atoms with van der Waals surface area (Å²) >= 11 is 0. The van der Waals surface area contributed by atoms with Gasteiger partial charge in [0, 0.05) is 63.0 Å². The van der Waals surface area contributed by atoms with Crippen molar-refractivity contribution in [2.75, 3.05) is 27.1 Å². The maximum absolute atomic E-state index is 13.0. The zero-order valence-corrected chi connectivity index (χ0v) is 25.2. The standard InChI is InChI=1S/C29H28O9.K/c1-3-10-35-20-6-7-21-17(11-20)12-23(28(32)33)29(21,18-4-9-24-26(13-18)38-16-37-24)22-8-5-19(34-2)14-25(22)36-15-27(30)31;/h4-9,11,13-14,23H,3,10,12,15-16H2,1-2H3,(H,30,31)(H,32,33);. The first-order valence-electron chi connectivity index (χ1n) is 12.3. The summed E-state index contributed by atoms with van der Waals surface area (Å²) in [6.07, 6.45) is 1.07. The van der Waals surface area contributed by atoms with Gasteiger partial charge in [0.25, 0.3) is 0 Å². The molecule has 1 radical (unpaired) electrons. The van der Waals surface area contributed by atoms with Gasteiger partial charge in [-0.3, -0.25) is 4.79 Å². The number of aliphatic carboxylic acids is 2. The third-order valence-corrected chi connectivity index (χ3v) is 7.01. The van der Waals surface area contributed by atoms with Crippen LogP contribution in [0, 0.1) is 5.92 Å². The Hall–Kier alpha value is -2.76. The van der Waals surface area contributed by atoms with Crippen LogP contribution in [0.3, 0.4) is 0 Å². The van der Waals surface area contributed by atoms with Gasteiger partial charge >= 0.3 is 11.9 Å². The molecule has 3 aromatic rings. The molecule has 199 valence electrons. The molecule has 2 N–H and O–H groups in total. The molecule has 0 saturated carbocycles. The van der Waals surface area contributed by atoms with Crippen molar-refractivity contribution in [2.45, 2.75) is 25.2 Å². The molecule has 2 unspecified atom stereocenters. The van der Waals surface area contributed by atoms with E-state index in [1.807, 2.05) is 31.2 Å². The van der Waals surface area contributed by atoms with Crippen LogP contribution in [-0.2, 0) is 21.4 Å². The second-order valence-electron chi connectivity index (χ2n) is 9.18. The van der Waals surface area contributed by atoms with Crippen molar-refractivity contribution in [3.8, 4) is 28.7 Å². The first-order valence-corrected chi connectivity index (χ1v) is 12.3. The van der Waals surface area contributed by atoms with E-state index in [0.29, 0.717) is 40.7 Å². The molecule has 1 heterocycles. The summed E-state index contributed by atoms with van der Waals surface area (Å²) in [5.74, 6) is -0.713. The fourth-order valence-corrected chi connectivity index (χ4v) is 5.47. The van der Waals surface area contributed by atoms with Gasteiger partial charge in [-0.05, 0) is 59.9 Å². The Bertz CT molecular complexity index is 1390. The van der Waals surface area contributed by atoms with E-state index >= 15 is 0 Å². The molecule has 9 nitrogen and oxygen atoms in total. The van der Waals surface area contributed by atoms with Gasteiger partial charge in [0.15, 0.2) is 18.1 Å². The maximum Gasteiger partial charge on any atom is 0.341 e. The van der Waals surface area contributed by atoms with Crippen molar-refractivity contribution in [2.24, 2.45) is 5.92 Å². The quantitative estimate of drug-likeness (QED) is 0.357. The molecule has 0 saturated heterocycles. The minimum Gasteiger partial charge on any atom is -0.497 e. The third kappa shape index (κ3) is 5.36. The van der Waals surface area contributed by atoms with E-state index in [-0.39, 0.29) is 70.3 Å². The van der Waals surface area contributed by atoms with Crippen molar-refractivity contribution >= 4 is 63.3 Å². The smallest absolute Gasteiger partial charge is 0.341 e. The van der Waals surface area contributed by atoms with Crippen LogP contribution in [-0.4, -0.2) is 101 Å². The Balaban J connectivity index is 0.00000353. The fourth-order valence-electron chi connectivity index (χ4n) is 5.47. The predicted octanol–water partition coefficient (Wildman–Crippen LogP) is 3.89. The Labute approximate surface area is 268 Å². The van der Waals surface area contributed by atoms with Gasteiger partial charge in [-0.25, -0.2) is 4.79 Å². The van der Waals surface area contributed by atoms with Gasteiger partial charge in [-0.1, -0.05) is 25.1 Å². The van der Waals surface area contributed by atoms with E-state index in [9.17, 15) is 19.8 Å². The summed E-state index contributed by atoms with van der Waals surface area (Å²) in [5, 5.41) is 20.0. The van der Waals surface area contributed by atoms with Crippen LogP contribution < -0.4 is 23.7 Å². The summed E-state index contributed by atoms with van der Waals surface area (Å²) < 4.78 is 28.1. The van der Waals surface area contributed by atoms with Gasteiger partial charge in [-0.15, -0.1) is 0 Å². The van der Waals surface area contributed by atoms with E-state index in [4.69, 9.17) is 23.7 Å². The molecular formula is C29H28KO9. The summed E-state index contributed by atoms with van der Waals surface area (Å²) in [7, 11) is 1.49. The minimum absolute atomic E-state index is 0. The predicted molar refractivity (Wildman–Crippen MR) is 141 cm³/mol. The van der Waals surface area contributed by atoms with Gasteiger partial charge < -0.3 is 33.9 Å². The van der Waals surface area contributed by atoms with Crippen LogP contribution >= 0.6 is 0 Å². The van der Waals surface area contributed by atoms with Crippen LogP contribution in [0.2, 0.25) is 0 Å². The number of hydrogen-bond donors (Lipinski definition) is 2. The summed E-state index contributed by atoms with van der Waals surface area (Å²) in [4.78, 5) is 24.4. The molecule has 1 aliphatic heterocycles. The number of carboxylic acids is 2. The Morgan fingerprint density at radius 3 is 2.41 bits per heavy atom. The first kappa shape index (κ1) is 29.2. The molecule has 0 spiro atoms. The van der Waals surface area contributed by atoms with Crippen LogP contribution in [0.25, 0.3) is 0 Å². The van der Waals surface area contributed by atoms with Crippen LogP contribution in [0.1, 0.15) is 35.6 Å². The number of benzene rings is 3. The van der Waals surface area contributed by atoms with Gasteiger partial charge in [-0.2, -0.15) is 0 Å². The average Bonchev–Trinajstić information content (AvgIpc) is 3.53. The van der Waals surface area contributed by atoms with E-state index in [0.717, 1.165) is 17.5 Å². The van der Waals surface area contributed by atoms with Crippen LogP contribution in [0.15, 0.2) is 54.6 Å². The summed E-state index contributed by atoms with van der Waals surface area (Å²) in [6, 6.07) is 16.0. The van der Waals surface area contributed by atoms with E-state index in [1.165, 1.54) is 7.11 Å². The fraction of sp³-hybridized carbons (Fsp3) is 0.310. The molecule has 0 bridgehead atoms. The van der Waals surface area contributed by atoms with Gasteiger partial charge in [0.05, 0.1) is 25.0 Å². The van der Waals surface area contributed by atoms with Crippen molar-refractivity contribution in [3.63, 3.8) is 0 Å². The first-order chi connectivity index (χ1) is 18.4. The van der Waals surface area contributed by atoms with Gasteiger partial charge in [0.1, 0.15) is 17.2 Å². The molecule has 1 aliphatic carbocycles. The minimum atomic E-state index is -1.24. The second kappa shape index (κ2) is 12.2. The molecule has 5 rings (SSSR count). The number of carboxylic acid groups (broad SMARTS) is 2. The average molecular weight is 560 g/mol. The largest absolute Gasteiger partial charge is 0.497 e. The molecule has 0 amide bonds. The second-order valence-corrected chi connectivity index (χ2v) is 9.18. The SMILES string of the molecule is CCCOc1ccc2c(c1)CC(C(=O)O)C2(c1ccc2c(c1)OCO2)c1ccc(OC)cc1OCC(=O)O.[K].